The number of nitrogens with two attached hydrogens (primary N) is 1. The first-order valence-electron chi connectivity index (χ1n) is 5.39. The molecule has 6 nitrogen and oxygen atoms in total. The number of nitrogens with zero attached hydrogens (tertiary/aromatic N) is 1. The second kappa shape index (κ2) is 5.05. The van der Waals surface area contributed by atoms with Gasteiger partial charge in [0.15, 0.2) is 9.84 Å². The summed E-state index contributed by atoms with van der Waals surface area (Å²) in [5.41, 5.74) is 5.14. The Morgan fingerprint density at radius 2 is 2.29 bits per heavy atom. The highest BCUT2D eigenvalue weighted by atomic mass is 32.2. The Morgan fingerprint density at radius 3 is 2.76 bits per heavy atom. The maximum atomic E-state index is 11.2. The Morgan fingerprint density at radius 1 is 1.65 bits per heavy atom. The maximum absolute atomic E-state index is 11.2. The summed E-state index contributed by atoms with van der Waals surface area (Å²) in [6.45, 7) is 4.34. The Kier molecular flexibility index (Phi) is 4.16. The van der Waals surface area contributed by atoms with E-state index in [0.717, 1.165) is 0 Å². The van der Waals surface area contributed by atoms with E-state index in [1.54, 1.807) is 6.08 Å². The normalized spacial score (nSPS) is 24.1. The number of nitrogens with one attached hydrogen (secondary N) is 1. The van der Waals surface area contributed by atoms with Crippen LogP contribution in [0.2, 0.25) is 0 Å². The van der Waals surface area contributed by atoms with Gasteiger partial charge in [0.2, 0.25) is 0 Å². The first-order valence-corrected chi connectivity index (χ1v) is 7.11. The molecule has 1 unspecified atom stereocenters. The van der Waals surface area contributed by atoms with Crippen molar-refractivity contribution in [2.24, 2.45) is 16.3 Å². The fraction of sp³-hybridized carbons (Fsp3) is 0.700. The molecular formula is C10H19N3O3S. The minimum Gasteiger partial charge on any atom is -0.409 e. The van der Waals surface area contributed by atoms with Gasteiger partial charge in [-0.1, -0.05) is 25.1 Å². The van der Waals surface area contributed by atoms with Gasteiger partial charge in [-0.3, -0.25) is 0 Å². The molecule has 1 heterocycles. The van der Waals surface area contributed by atoms with Crippen LogP contribution in [0.3, 0.4) is 0 Å². The predicted molar refractivity (Wildman–Crippen MR) is 66.5 cm³/mol. The second-order valence-corrected chi connectivity index (χ2v) is 6.77. The number of rotatable bonds is 5. The molecule has 0 amide bonds. The van der Waals surface area contributed by atoms with Gasteiger partial charge >= 0.3 is 0 Å². The molecule has 0 aromatic carbocycles. The number of hydrogen-bond acceptors (Lipinski definition) is 5. The molecule has 0 aromatic rings. The van der Waals surface area contributed by atoms with Gasteiger partial charge in [-0.25, -0.2) is 8.42 Å². The third-order valence-corrected chi connectivity index (χ3v) is 4.28. The van der Waals surface area contributed by atoms with Gasteiger partial charge in [0.1, 0.15) is 5.84 Å². The molecule has 1 atom stereocenters. The average molecular weight is 261 g/mol. The summed E-state index contributed by atoms with van der Waals surface area (Å²) in [7, 11) is -3.01. The van der Waals surface area contributed by atoms with Gasteiger partial charge in [-0.05, 0) is 13.0 Å². The third-order valence-electron chi connectivity index (χ3n) is 2.89. The van der Waals surface area contributed by atoms with E-state index in [2.05, 4.69) is 10.5 Å². The molecule has 0 aromatic heterocycles. The number of sulfone groups is 1. The lowest BCUT2D eigenvalue weighted by atomic mass is 9.88. The van der Waals surface area contributed by atoms with Crippen LogP contribution in [0.1, 0.15) is 20.3 Å². The zero-order chi connectivity index (χ0) is 13.1. The van der Waals surface area contributed by atoms with E-state index in [0.29, 0.717) is 13.0 Å². The molecule has 0 spiro atoms. The topological polar surface area (TPSA) is 105 Å². The summed E-state index contributed by atoms with van der Waals surface area (Å²) < 4.78 is 22.3. The molecule has 0 saturated carbocycles. The molecular weight excluding hydrogens is 242 g/mol. The molecule has 17 heavy (non-hydrogen) atoms. The molecule has 98 valence electrons. The first kappa shape index (κ1) is 14.0. The van der Waals surface area contributed by atoms with Crippen LogP contribution in [0.25, 0.3) is 0 Å². The van der Waals surface area contributed by atoms with Crippen molar-refractivity contribution in [1.82, 2.24) is 5.32 Å². The van der Waals surface area contributed by atoms with Gasteiger partial charge < -0.3 is 16.3 Å². The number of amidine groups is 1. The van der Waals surface area contributed by atoms with Crippen LogP contribution in [0.4, 0.5) is 0 Å². The average Bonchev–Trinajstić information content (AvgIpc) is 2.56. The van der Waals surface area contributed by atoms with Crippen molar-refractivity contribution >= 4 is 15.7 Å². The predicted octanol–water partition coefficient (Wildman–Crippen LogP) is 0.0494. The summed E-state index contributed by atoms with van der Waals surface area (Å²) in [6, 6.07) is -0.136. The quantitative estimate of drug-likeness (QED) is 0.281. The summed E-state index contributed by atoms with van der Waals surface area (Å²) in [5, 5.41) is 15.9. The van der Waals surface area contributed by atoms with Gasteiger partial charge in [-0.2, -0.15) is 0 Å². The van der Waals surface area contributed by atoms with Gasteiger partial charge in [0.05, 0.1) is 5.75 Å². The molecule has 4 N–H and O–H groups in total. The third kappa shape index (κ3) is 4.01. The zero-order valence-electron chi connectivity index (χ0n) is 10.0. The number of oxime groups is 1. The molecule has 1 aliphatic heterocycles. The van der Waals surface area contributed by atoms with E-state index >= 15 is 0 Å². The molecule has 0 radical (unpaired) electrons. The van der Waals surface area contributed by atoms with E-state index in [1.165, 1.54) is 5.41 Å². The van der Waals surface area contributed by atoms with Crippen LogP contribution >= 0.6 is 0 Å². The largest absolute Gasteiger partial charge is 0.409 e. The second-order valence-electron chi connectivity index (χ2n) is 4.84. The molecule has 0 aliphatic carbocycles. The van der Waals surface area contributed by atoms with E-state index in [4.69, 9.17) is 10.9 Å². The van der Waals surface area contributed by atoms with Crippen LogP contribution in [0, 0.1) is 5.41 Å². The van der Waals surface area contributed by atoms with Crippen molar-refractivity contribution in [2.45, 2.75) is 26.3 Å². The van der Waals surface area contributed by atoms with Crippen molar-refractivity contribution in [3.05, 3.63) is 11.5 Å². The molecule has 0 saturated heterocycles. The van der Waals surface area contributed by atoms with Crippen LogP contribution in [0.5, 0.6) is 0 Å². The lowest BCUT2D eigenvalue weighted by Crippen LogP contribution is -2.37. The summed E-state index contributed by atoms with van der Waals surface area (Å²) in [4.78, 5) is 0. The highest BCUT2D eigenvalue weighted by Gasteiger charge is 2.25. The molecule has 7 heteroatoms. The van der Waals surface area contributed by atoms with Gasteiger partial charge in [-0.15, -0.1) is 0 Å². The smallest absolute Gasteiger partial charge is 0.173 e. The lowest BCUT2D eigenvalue weighted by molar-refractivity contribution is 0.305. The van der Waals surface area contributed by atoms with Crippen molar-refractivity contribution in [1.29, 1.82) is 0 Å². The highest BCUT2D eigenvalue weighted by Crippen LogP contribution is 2.19. The van der Waals surface area contributed by atoms with Crippen molar-refractivity contribution in [2.75, 3.05) is 12.3 Å². The first-order chi connectivity index (χ1) is 7.77. The van der Waals surface area contributed by atoms with E-state index in [1.807, 2.05) is 13.8 Å². The van der Waals surface area contributed by atoms with Crippen LogP contribution in [-0.2, 0) is 9.84 Å². The molecule has 0 fully saturated rings. The van der Waals surface area contributed by atoms with Crippen molar-refractivity contribution in [3.8, 4) is 0 Å². The van der Waals surface area contributed by atoms with Crippen LogP contribution in [0.15, 0.2) is 16.6 Å². The highest BCUT2D eigenvalue weighted by molar-refractivity contribution is 7.94. The van der Waals surface area contributed by atoms with Gasteiger partial charge in [0, 0.05) is 16.9 Å². The minimum absolute atomic E-state index is 0.108. The minimum atomic E-state index is -3.01. The van der Waals surface area contributed by atoms with E-state index in [9.17, 15) is 8.42 Å². The summed E-state index contributed by atoms with van der Waals surface area (Å²) in [6.07, 6.45) is 2.30. The fourth-order valence-electron chi connectivity index (χ4n) is 1.54. The monoisotopic (exact) mass is 261 g/mol. The molecule has 1 rings (SSSR count). The summed E-state index contributed by atoms with van der Waals surface area (Å²) >= 11 is 0. The molecule has 1 aliphatic rings. The standard InChI is InChI=1S/C10H19N3O3S/c1-10(2,9(11)13-14)4-5-12-8-3-6-17(15,16)7-8/h3,6,8,12,14H,4-5,7H2,1-2H3,(H2,11,13). The van der Waals surface area contributed by atoms with Gasteiger partial charge in [0.25, 0.3) is 0 Å². The van der Waals surface area contributed by atoms with E-state index in [-0.39, 0.29) is 17.6 Å². The van der Waals surface area contributed by atoms with Crippen molar-refractivity contribution in [3.63, 3.8) is 0 Å². The summed E-state index contributed by atoms with van der Waals surface area (Å²) in [5.74, 6) is 0.283. The Balaban J connectivity index is 2.37. The SMILES string of the molecule is CC(C)(CCNC1C=CS(=O)(=O)C1)C(N)=NO. The Bertz CT molecular complexity index is 426. The maximum Gasteiger partial charge on any atom is 0.173 e. The van der Waals surface area contributed by atoms with Crippen LogP contribution < -0.4 is 11.1 Å². The Hall–Kier alpha value is -1.08. The van der Waals surface area contributed by atoms with Crippen LogP contribution in [-0.4, -0.2) is 37.8 Å². The lowest BCUT2D eigenvalue weighted by Gasteiger charge is -2.23. The zero-order valence-corrected chi connectivity index (χ0v) is 10.9. The van der Waals surface area contributed by atoms with E-state index < -0.39 is 15.3 Å². The molecule has 0 bridgehead atoms. The number of hydrogen-bond donors (Lipinski definition) is 3. The fourth-order valence-corrected chi connectivity index (χ4v) is 2.81. The Labute approximate surface area is 101 Å². The van der Waals surface area contributed by atoms with Crippen molar-refractivity contribution < 1.29 is 13.6 Å².